The van der Waals surface area contributed by atoms with Crippen molar-refractivity contribution in [3.63, 3.8) is 0 Å². The summed E-state index contributed by atoms with van der Waals surface area (Å²) in [4.78, 5) is 2.44. The van der Waals surface area contributed by atoms with Crippen LogP contribution in [-0.4, -0.2) is 37.7 Å². The average molecular weight is 278 g/mol. The minimum absolute atomic E-state index is 0.287. The van der Waals surface area contributed by atoms with E-state index in [0.29, 0.717) is 6.04 Å². The topological polar surface area (TPSA) is 24.5 Å². The maximum Gasteiger partial charge on any atom is 0.123 e. The quantitative estimate of drug-likeness (QED) is 0.789. The number of hydrogen-bond donors (Lipinski definition) is 1. The van der Waals surface area contributed by atoms with Crippen molar-refractivity contribution in [3.8, 4) is 5.75 Å². The molecule has 0 aliphatic carbocycles. The molecule has 20 heavy (non-hydrogen) atoms. The summed E-state index contributed by atoms with van der Waals surface area (Å²) in [7, 11) is 1.74. The maximum atomic E-state index is 5.48. The number of ether oxygens (including phenoxy) is 1. The molecule has 0 fully saturated rings. The van der Waals surface area contributed by atoms with E-state index in [1.165, 1.54) is 11.1 Å². The zero-order valence-electron chi connectivity index (χ0n) is 13.9. The molecular weight excluding hydrogens is 248 g/mol. The molecule has 3 heteroatoms. The first-order valence-electron chi connectivity index (χ1n) is 7.64. The van der Waals surface area contributed by atoms with Crippen molar-refractivity contribution in [1.82, 2.24) is 10.2 Å². The van der Waals surface area contributed by atoms with E-state index in [2.05, 4.69) is 63.0 Å². The van der Waals surface area contributed by atoms with Crippen LogP contribution in [0.2, 0.25) is 0 Å². The minimum atomic E-state index is 0.287. The fourth-order valence-electron chi connectivity index (χ4n) is 2.63. The second kappa shape index (κ2) is 8.28. The Morgan fingerprint density at radius 1 is 1.20 bits per heavy atom. The van der Waals surface area contributed by atoms with Crippen molar-refractivity contribution in [2.45, 2.75) is 46.7 Å². The molecule has 0 bridgehead atoms. The molecule has 1 aromatic rings. The van der Waals surface area contributed by atoms with Crippen LogP contribution in [0, 0.1) is 6.92 Å². The fraction of sp³-hybridized carbons (Fsp3) is 0.647. The van der Waals surface area contributed by atoms with Crippen LogP contribution in [0.25, 0.3) is 0 Å². The molecule has 0 saturated heterocycles. The Labute approximate surface area is 124 Å². The van der Waals surface area contributed by atoms with E-state index in [9.17, 15) is 0 Å². The van der Waals surface area contributed by atoms with Crippen LogP contribution >= 0.6 is 0 Å². The van der Waals surface area contributed by atoms with Gasteiger partial charge in [-0.15, -0.1) is 0 Å². The highest BCUT2D eigenvalue weighted by Crippen LogP contribution is 2.26. The van der Waals surface area contributed by atoms with Crippen molar-refractivity contribution >= 4 is 0 Å². The molecule has 0 spiro atoms. The number of rotatable bonds is 8. The van der Waals surface area contributed by atoms with Crippen LogP contribution in [-0.2, 0) is 0 Å². The lowest BCUT2D eigenvalue weighted by Crippen LogP contribution is -2.40. The average Bonchev–Trinajstić information content (AvgIpc) is 2.44. The summed E-state index contributed by atoms with van der Waals surface area (Å²) in [5, 5.41) is 3.68. The first-order chi connectivity index (χ1) is 9.51. The third-order valence-corrected chi connectivity index (χ3v) is 3.81. The summed E-state index contributed by atoms with van der Waals surface area (Å²) >= 11 is 0. The number of nitrogens with zero attached hydrogens (tertiary/aromatic N) is 1. The largest absolute Gasteiger partial charge is 0.496 e. The number of nitrogens with one attached hydrogen (secondary N) is 1. The third-order valence-electron chi connectivity index (χ3n) is 3.81. The number of aryl methyl sites for hydroxylation is 1. The standard InChI is InChI=1S/C17H30N2O/c1-7-19(8-2)12-14(4)18-15(5)16-11-13(3)9-10-17(16)20-6/h9-11,14-15,18H,7-8,12H2,1-6H3. The van der Waals surface area contributed by atoms with Gasteiger partial charge in [0.15, 0.2) is 0 Å². The second-order valence-corrected chi connectivity index (χ2v) is 5.52. The molecule has 1 N–H and O–H groups in total. The zero-order chi connectivity index (χ0) is 15.1. The van der Waals surface area contributed by atoms with Crippen LogP contribution in [0.4, 0.5) is 0 Å². The van der Waals surface area contributed by atoms with Crippen LogP contribution in [0.15, 0.2) is 18.2 Å². The summed E-state index contributed by atoms with van der Waals surface area (Å²) in [5.41, 5.74) is 2.50. The third kappa shape index (κ3) is 4.80. The molecule has 0 aliphatic rings. The second-order valence-electron chi connectivity index (χ2n) is 5.52. The molecular formula is C17H30N2O. The lowest BCUT2D eigenvalue weighted by Gasteiger charge is -2.27. The van der Waals surface area contributed by atoms with Gasteiger partial charge in [-0.25, -0.2) is 0 Å². The predicted molar refractivity (Wildman–Crippen MR) is 86.5 cm³/mol. The van der Waals surface area contributed by atoms with Crippen molar-refractivity contribution in [2.24, 2.45) is 0 Å². The fourth-order valence-corrected chi connectivity index (χ4v) is 2.63. The van der Waals surface area contributed by atoms with E-state index in [0.717, 1.165) is 25.4 Å². The molecule has 2 atom stereocenters. The van der Waals surface area contributed by atoms with Gasteiger partial charge in [-0.1, -0.05) is 31.5 Å². The van der Waals surface area contributed by atoms with Gasteiger partial charge in [-0.3, -0.25) is 0 Å². The van der Waals surface area contributed by atoms with Crippen LogP contribution in [0.3, 0.4) is 0 Å². The molecule has 0 aromatic heterocycles. The predicted octanol–water partition coefficient (Wildman–Crippen LogP) is 3.38. The summed E-state index contributed by atoms with van der Waals surface area (Å²) in [6.07, 6.45) is 0. The van der Waals surface area contributed by atoms with Crippen LogP contribution < -0.4 is 10.1 Å². The van der Waals surface area contributed by atoms with E-state index < -0.39 is 0 Å². The summed E-state index contributed by atoms with van der Waals surface area (Å²) in [5.74, 6) is 0.964. The number of methoxy groups -OCH3 is 1. The first-order valence-corrected chi connectivity index (χ1v) is 7.64. The van der Waals surface area contributed by atoms with E-state index in [4.69, 9.17) is 4.74 Å². The SMILES string of the molecule is CCN(CC)CC(C)NC(C)c1cc(C)ccc1OC. The van der Waals surface area contributed by atoms with Crippen LogP contribution in [0.1, 0.15) is 44.9 Å². The Kier molecular flexibility index (Phi) is 7.03. The van der Waals surface area contributed by atoms with Gasteiger partial charge in [0.2, 0.25) is 0 Å². The lowest BCUT2D eigenvalue weighted by atomic mass is 10.0. The normalized spacial score (nSPS) is 14.3. The Balaban J connectivity index is 2.70. The van der Waals surface area contributed by atoms with Crippen LogP contribution in [0.5, 0.6) is 5.75 Å². The Morgan fingerprint density at radius 3 is 2.40 bits per heavy atom. The van der Waals surface area contributed by atoms with Gasteiger partial charge in [0, 0.05) is 24.2 Å². The van der Waals surface area contributed by atoms with Gasteiger partial charge in [-0.05, 0) is 39.9 Å². The Bertz CT molecular complexity index is 402. The molecule has 0 saturated carbocycles. The van der Waals surface area contributed by atoms with Gasteiger partial charge in [0.25, 0.3) is 0 Å². The van der Waals surface area contributed by atoms with E-state index >= 15 is 0 Å². The summed E-state index contributed by atoms with van der Waals surface area (Å²) < 4.78 is 5.48. The van der Waals surface area contributed by atoms with Crippen molar-refractivity contribution in [3.05, 3.63) is 29.3 Å². The van der Waals surface area contributed by atoms with Gasteiger partial charge in [0.05, 0.1) is 7.11 Å². The van der Waals surface area contributed by atoms with Crippen molar-refractivity contribution in [2.75, 3.05) is 26.7 Å². The summed E-state index contributed by atoms with van der Waals surface area (Å²) in [6, 6.07) is 7.10. The molecule has 0 aliphatic heterocycles. The summed E-state index contributed by atoms with van der Waals surface area (Å²) in [6.45, 7) is 14.3. The van der Waals surface area contributed by atoms with E-state index in [1.54, 1.807) is 7.11 Å². The van der Waals surface area contributed by atoms with Gasteiger partial charge in [0.1, 0.15) is 5.75 Å². The van der Waals surface area contributed by atoms with Crippen molar-refractivity contribution < 1.29 is 4.74 Å². The zero-order valence-corrected chi connectivity index (χ0v) is 13.9. The van der Waals surface area contributed by atoms with Gasteiger partial charge >= 0.3 is 0 Å². The Morgan fingerprint density at radius 2 is 1.85 bits per heavy atom. The number of benzene rings is 1. The molecule has 3 nitrogen and oxygen atoms in total. The highest BCUT2D eigenvalue weighted by atomic mass is 16.5. The van der Waals surface area contributed by atoms with Gasteiger partial charge in [-0.2, -0.15) is 0 Å². The molecule has 0 heterocycles. The molecule has 1 aromatic carbocycles. The number of hydrogen-bond acceptors (Lipinski definition) is 3. The molecule has 0 amide bonds. The van der Waals surface area contributed by atoms with E-state index in [1.807, 2.05) is 0 Å². The monoisotopic (exact) mass is 278 g/mol. The molecule has 0 radical (unpaired) electrons. The highest BCUT2D eigenvalue weighted by molar-refractivity contribution is 5.38. The lowest BCUT2D eigenvalue weighted by molar-refractivity contribution is 0.263. The molecule has 114 valence electrons. The number of likely N-dealkylation sites (N-methyl/N-ethyl adjacent to an activating group) is 1. The van der Waals surface area contributed by atoms with E-state index in [-0.39, 0.29) is 6.04 Å². The minimum Gasteiger partial charge on any atom is -0.496 e. The highest BCUT2D eigenvalue weighted by Gasteiger charge is 2.15. The molecule has 2 unspecified atom stereocenters. The van der Waals surface area contributed by atoms with Crippen molar-refractivity contribution in [1.29, 1.82) is 0 Å². The Hall–Kier alpha value is -1.06. The first kappa shape index (κ1) is 17.0. The smallest absolute Gasteiger partial charge is 0.123 e. The maximum absolute atomic E-state index is 5.48. The van der Waals surface area contributed by atoms with Gasteiger partial charge < -0.3 is 15.0 Å². The molecule has 1 rings (SSSR count).